The lowest BCUT2D eigenvalue weighted by molar-refractivity contribution is 0.0696. The zero-order chi connectivity index (χ0) is 14.4. The van der Waals surface area contributed by atoms with Gasteiger partial charge in [-0.25, -0.2) is 9.59 Å². The second-order valence-electron chi connectivity index (χ2n) is 4.17. The molecule has 0 spiro atoms. The fourth-order valence-electron chi connectivity index (χ4n) is 1.63. The van der Waals surface area contributed by atoms with E-state index in [0.717, 1.165) is 11.1 Å². The van der Waals surface area contributed by atoms with Crippen LogP contribution in [-0.4, -0.2) is 17.1 Å². The number of rotatable bonds is 5. The van der Waals surface area contributed by atoms with E-state index in [1.807, 2.05) is 0 Å². The summed E-state index contributed by atoms with van der Waals surface area (Å²) in [6.45, 7) is 0.635. The Kier molecular flexibility index (Phi) is 4.39. The van der Waals surface area contributed by atoms with Crippen molar-refractivity contribution in [1.29, 1.82) is 0 Å². The number of furan rings is 1. The maximum absolute atomic E-state index is 11.6. The molecule has 1 heterocycles. The monoisotopic (exact) mass is 274 g/mol. The van der Waals surface area contributed by atoms with E-state index in [1.165, 1.54) is 18.4 Å². The number of carbonyl (C=O) groups is 2. The summed E-state index contributed by atoms with van der Waals surface area (Å²) in [6.07, 6.45) is 3.09. The maximum atomic E-state index is 11.6. The zero-order valence-corrected chi connectivity index (χ0v) is 10.6. The molecule has 6 nitrogen and oxygen atoms in total. The Morgan fingerprint density at radius 3 is 2.50 bits per heavy atom. The van der Waals surface area contributed by atoms with Crippen molar-refractivity contribution in [3.05, 3.63) is 59.5 Å². The van der Waals surface area contributed by atoms with Crippen LogP contribution in [0.3, 0.4) is 0 Å². The lowest BCUT2D eigenvalue weighted by atomic mass is 10.1. The van der Waals surface area contributed by atoms with Crippen molar-refractivity contribution in [1.82, 2.24) is 10.6 Å². The van der Waals surface area contributed by atoms with E-state index in [1.54, 1.807) is 24.5 Å². The van der Waals surface area contributed by atoms with Gasteiger partial charge in [0, 0.05) is 18.7 Å². The average Bonchev–Trinajstić information content (AvgIpc) is 2.96. The molecular weight excluding hydrogens is 260 g/mol. The molecule has 3 N–H and O–H groups in total. The van der Waals surface area contributed by atoms with Crippen LogP contribution in [-0.2, 0) is 13.1 Å². The van der Waals surface area contributed by atoms with Crippen LogP contribution >= 0.6 is 0 Å². The first-order chi connectivity index (χ1) is 9.65. The van der Waals surface area contributed by atoms with Crippen molar-refractivity contribution in [3.63, 3.8) is 0 Å². The first-order valence-corrected chi connectivity index (χ1v) is 6.00. The topological polar surface area (TPSA) is 91.6 Å². The molecule has 0 bridgehead atoms. The molecule has 0 aliphatic heterocycles. The molecule has 1 aromatic heterocycles. The van der Waals surface area contributed by atoms with Gasteiger partial charge in [0.2, 0.25) is 0 Å². The highest BCUT2D eigenvalue weighted by Gasteiger charge is 2.05. The third-order valence-corrected chi connectivity index (χ3v) is 2.66. The normalized spacial score (nSPS) is 10.0. The molecule has 0 atom stereocenters. The fourth-order valence-corrected chi connectivity index (χ4v) is 1.63. The summed E-state index contributed by atoms with van der Waals surface area (Å²) >= 11 is 0. The number of nitrogens with one attached hydrogen (secondary N) is 2. The first kappa shape index (κ1) is 13.7. The van der Waals surface area contributed by atoms with Gasteiger partial charge in [-0.15, -0.1) is 0 Å². The summed E-state index contributed by atoms with van der Waals surface area (Å²) in [4.78, 5) is 22.4. The summed E-state index contributed by atoms with van der Waals surface area (Å²) in [5.74, 6) is -0.990. The Morgan fingerprint density at radius 2 is 1.85 bits per heavy atom. The average molecular weight is 274 g/mol. The second-order valence-corrected chi connectivity index (χ2v) is 4.17. The summed E-state index contributed by atoms with van der Waals surface area (Å²) in [7, 11) is 0. The van der Waals surface area contributed by atoms with Crippen LogP contribution in [0.5, 0.6) is 0 Å². The number of benzene rings is 1. The minimum absolute atomic E-state index is 0.197. The van der Waals surface area contributed by atoms with Gasteiger partial charge in [-0.05, 0) is 23.8 Å². The number of carboxylic acid groups (broad SMARTS) is 1. The van der Waals surface area contributed by atoms with Crippen LogP contribution < -0.4 is 10.6 Å². The molecule has 2 amide bonds. The number of carboxylic acids is 1. The van der Waals surface area contributed by atoms with Gasteiger partial charge in [-0.2, -0.15) is 0 Å². The Hall–Kier alpha value is -2.76. The van der Waals surface area contributed by atoms with Crippen LogP contribution in [0.1, 0.15) is 21.5 Å². The first-order valence-electron chi connectivity index (χ1n) is 6.00. The molecular formula is C14H14N2O4. The second kappa shape index (κ2) is 6.42. The van der Waals surface area contributed by atoms with Gasteiger partial charge in [0.1, 0.15) is 0 Å². The van der Waals surface area contributed by atoms with Gasteiger partial charge in [-0.3, -0.25) is 0 Å². The van der Waals surface area contributed by atoms with Gasteiger partial charge < -0.3 is 20.2 Å². The lowest BCUT2D eigenvalue weighted by Gasteiger charge is -2.07. The van der Waals surface area contributed by atoms with Crippen LogP contribution in [0.25, 0.3) is 0 Å². The van der Waals surface area contributed by atoms with Gasteiger partial charge >= 0.3 is 12.0 Å². The number of aromatic carboxylic acids is 1. The van der Waals surface area contributed by atoms with Crippen molar-refractivity contribution >= 4 is 12.0 Å². The third kappa shape index (κ3) is 3.88. The summed E-state index contributed by atoms with van der Waals surface area (Å²) in [5, 5.41) is 14.2. The highest BCUT2D eigenvalue weighted by atomic mass is 16.4. The molecule has 0 saturated heterocycles. The molecule has 0 radical (unpaired) electrons. The SMILES string of the molecule is O=C(NCc1ccoc1)NCc1cccc(C(=O)O)c1. The number of urea groups is 1. The van der Waals surface area contributed by atoms with Crippen LogP contribution in [0.4, 0.5) is 4.79 Å². The molecule has 0 aliphatic carbocycles. The molecule has 0 saturated carbocycles. The Balaban J connectivity index is 1.81. The minimum Gasteiger partial charge on any atom is -0.478 e. The van der Waals surface area contributed by atoms with Gasteiger partial charge in [0.15, 0.2) is 0 Å². The van der Waals surface area contributed by atoms with Crippen LogP contribution in [0.2, 0.25) is 0 Å². The Morgan fingerprint density at radius 1 is 1.10 bits per heavy atom. The number of amides is 2. The smallest absolute Gasteiger partial charge is 0.335 e. The van der Waals surface area contributed by atoms with E-state index >= 15 is 0 Å². The van der Waals surface area contributed by atoms with Crippen molar-refractivity contribution in [2.24, 2.45) is 0 Å². The predicted molar refractivity (Wildman–Crippen MR) is 71.2 cm³/mol. The van der Waals surface area contributed by atoms with Crippen molar-refractivity contribution in [3.8, 4) is 0 Å². The van der Waals surface area contributed by atoms with Crippen molar-refractivity contribution in [2.45, 2.75) is 13.1 Å². The van der Waals surface area contributed by atoms with E-state index in [-0.39, 0.29) is 18.1 Å². The quantitative estimate of drug-likeness (QED) is 0.777. The summed E-state index contributed by atoms with van der Waals surface area (Å²) in [6, 6.07) is 7.86. The largest absolute Gasteiger partial charge is 0.478 e. The zero-order valence-electron chi connectivity index (χ0n) is 10.6. The standard InChI is InChI=1S/C14H14N2O4/c17-13(18)12-3-1-2-10(6-12)7-15-14(19)16-8-11-4-5-20-9-11/h1-6,9H,7-8H2,(H,17,18)(H2,15,16,19). The Bertz CT molecular complexity index is 593. The van der Waals surface area contributed by atoms with E-state index in [9.17, 15) is 9.59 Å². The highest BCUT2D eigenvalue weighted by molar-refractivity contribution is 5.87. The highest BCUT2D eigenvalue weighted by Crippen LogP contribution is 2.05. The molecule has 0 unspecified atom stereocenters. The molecule has 20 heavy (non-hydrogen) atoms. The summed E-state index contributed by atoms with van der Waals surface area (Å²) < 4.78 is 4.88. The van der Waals surface area contributed by atoms with Gasteiger partial charge in [-0.1, -0.05) is 12.1 Å². The molecule has 0 aliphatic rings. The minimum atomic E-state index is -0.990. The summed E-state index contributed by atoms with van der Waals surface area (Å²) in [5.41, 5.74) is 1.79. The van der Waals surface area contributed by atoms with E-state index in [4.69, 9.17) is 9.52 Å². The fraction of sp³-hybridized carbons (Fsp3) is 0.143. The number of hydrogen-bond acceptors (Lipinski definition) is 3. The van der Waals surface area contributed by atoms with Crippen LogP contribution in [0.15, 0.2) is 47.3 Å². The van der Waals surface area contributed by atoms with Crippen molar-refractivity contribution < 1.29 is 19.1 Å². The predicted octanol–water partition coefficient (Wildman–Crippen LogP) is 1.98. The van der Waals surface area contributed by atoms with E-state index in [0.29, 0.717) is 6.54 Å². The molecule has 6 heteroatoms. The number of carbonyl (C=O) groups excluding carboxylic acids is 1. The molecule has 2 aromatic rings. The van der Waals surface area contributed by atoms with Gasteiger partial charge in [0.25, 0.3) is 0 Å². The van der Waals surface area contributed by atoms with Crippen LogP contribution in [0, 0.1) is 0 Å². The van der Waals surface area contributed by atoms with E-state index in [2.05, 4.69) is 10.6 Å². The maximum Gasteiger partial charge on any atom is 0.335 e. The molecule has 1 aromatic carbocycles. The lowest BCUT2D eigenvalue weighted by Crippen LogP contribution is -2.34. The molecule has 2 rings (SSSR count). The molecule has 0 fully saturated rings. The number of hydrogen-bond donors (Lipinski definition) is 3. The molecule has 104 valence electrons. The van der Waals surface area contributed by atoms with Crippen molar-refractivity contribution in [2.75, 3.05) is 0 Å². The van der Waals surface area contributed by atoms with Gasteiger partial charge in [0.05, 0.1) is 18.1 Å². The van der Waals surface area contributed by atoms with E-state index < -0.39 is 5.97 Å². The Labute approximate surface area is 115 Å². The third-order valence-electron chi connectivity index (χ3n) is 2.66.